The van der Waals surface area contributed by atoms with Gasteiger partial charge in [0.25, 0.3) is 0 Å². The van der Waals surface area contributed by atoms with E-state index < -0.39 is 10.8 Å². The van der Waals surface area contributed by atoms with Crippen LogP contribution >= 0.6 is 11.3 Å². The van der Waals surface area contributed by atoms with Crippen LogP contribution in [-0.2, 0) is 16.6 Å². The molecule has 3 heteroatoms. The molecule has 0 fully saturated rings. The van der Waals surface area contributed by atoms with Crippen molar-refractivity contribution in [3.8, 4) is 0 Å². The third-order valence-corrected chi connectivity index (χ3v) is 2.42. The van der Waals surface area contributed by atoms with Crippen LogP contribution in [0, 0.1) is 0 Å². The molecule has 1 heterocycles. The molecule has 50 valence electrons. The van der Waals surface area contributed by atoms with Crippen molar-refractivity contribution in [2.45, 2.75) is 5.75 Å². The van der Waals surface area contributed by atoms with Crippen molar-refractivity contribution in [2.24, 2.45) is 0 Å². The summed E-state index contributed by atoms with van der Waals surface area (Å²) >= 11 is 1.65. The molecule has 1 aromatic rings. The fraction of sp³-hybridized carbons (Fsp3) is 0.333. The van der Waals surface area contributed by atoms with Gasteiger partial charge in [0, 0.05) is 22.8 Å². The Morgan fingerprint density at radius 2 is 2.56 bits per heavy atom. The van der Waals surface area contributed by atoms with Gasteiger partial charge in [0.1, 0.15) is 0 Å². The van der Waals surface area contributed by atoms with Gasteiger partial charge < -0.3 is 0 Å². The van der Waals surface area contributed by atoms with Gasteiger partial charge in [0.2, 0.25) is 0 Å². The van der Waals surface area contributed by atoms with Crippen LogP contribution in [0.15, 0.2) is 16.8 Å². The van der Waals surface area contributed by atoms with Gasteiger partial charge in [0.05, 0.1) is 0 Å². The topological polar surface area (TPSA) is 17.1 Å². The average molecular weight is 160 g/mol. The van der Waals surface area contributed by atoms with E-state index in [0.717, 1.165) is 0 Å². The molecule has 0 radical (unpaired) electrons. The van der Waals surface area contributed by atoms with E-state index in [9.17, 15) is 4.21 Å². The maximum absolute atomic E-state index is 10.6. The Hall–Kier alpha value is -0.150. The first-order valence-corrected chi connectivity index (χ1v) is 5.27. The zero-order valence-corrected chi connectivity index (χ0v) is 6.80. The first-order valence-electron chi connectivity index (χ1n) is 2.60. The standard InChI is InChI=1S/C6H8OS2/c1-9(7)5-6-2-3-8-4-6/h2-4H,5H2,1H3. The predicted octanol–water partition coefficient (Wildman–Crippen LogP) is 1.63. The maximum atomic E-state index is 10.6. The lowest BCUT2D eigenvalue weighted by molar-refractivity contribution is 0.686. The summed E-state index contributed by atoms with van der Waals surface area (Å²) in [6, 6.07) is 2.01. The second-order valence-corrected chi connectivity index (χ2v) is 4.06. The minimum absolute atomic E-state index is 0.688. The Balaban J connectivity index is 2.58. The molecule has 1 rings (SSSR count). The van der Waals surface area contributed by atoms with E-state index in [0.29, 0.717) is 5.75 Å². The third-order valence-electron chi connectivity index (χ3n) is 0.950. The lowest BCUT2D eigenvalue weighted by atomic mass is 10.4. The highest BCUT2D eigenvalue weighted by Gasteiger charge is 1.93. The molecule has 0 bridgehead atoms. The van der Waals surface area contributed by atoms with Gasteiger partial charge in [-0.1, -0.05) is 0 Å². The van der Waals surface area contributed by atoms with E-state index in [-0.39, 0.29) is 0 Å². The second-order valence-electron chi connectivity index (χ2n) is 1.85. The molecule has 0 aliphatic carbocycles. The number of rotatable bonds is 2. The Bertz CT molecular complexity index is 191. The molecular formula is C6H8OS2. The van der Waals surface area contributed by atoms with Crippen molar-refractivity contribution in [2.75, 3.05) is 6.26 Å². The molecule has 0 N–H and O–H groups in total. The predicted molar refractivity (Wildman–Crippen MR) is 42.1 cm³/mol. The zero-order chi connectivity index (χ0) is 6.69. The lowest BCUT2D eigenvalue weighted by Gasteiger charge is -1.88. The highest BCUT2D eigenvalue weighted by atomic mass is 32.2. The van der Waals surface area contributed by atoms with Crippen LogP contribution < -0.4 is 0 Å². The highest BCUT2D eigenvalue weighted by molar-refractivity contribution is 7.83. The zero-order valence-electron chi connectivity index (χ0n) is 5.16. The van der Waals surface area contributed by atoms with E-state index in [2.05, 4.69) is 0 Å². The fourth-order valence-corrected chi connectivity index (χ4v) is 2.03. The molecule has 0 aliphatic heterocycles. The first kappa shape index (κ1) is 6.96. The minimum Gasteiger partial charge on any atom is -0.260 e. The van der Waals surface area contributed by atoms with Crippen LogP contribution in [0.1, 0.15) is 5.56 Å². The summed E-state index contributed by atoms with van der Waals surface area (Å²) in [5.41, 5.74) is 1.18. The van der Waals surface area contributed by atoms with Gasteiger partial charge in [-0.15, -0.1) is 0 Å². The summed E-state index contributed by atoms with van der Waals surface area (Å²) in [6.45, 7) is 0. The summed E-state index contributed by atoms with van der Waals surface area (Å²) < 4.78 is 10.6. The molecule has 0 spiro atoms. The first-order chi connectivity index (χ1) is 4.29. The largest absolute Gasteiger partial charge is 0.260 e. The Morgan fingerprint density at radius 3 is 3.00 bits per heavy atom. The van der Waals surface area contributed by atoms with Gasteiger partial charge in [-0.25, -0.2) is 0 Å². The molecule has 0 aliphatic rings. The summed E-state index contributed by atoms with van der Waals surface area (Å²) in [5, 5.41) is 4.03. The SMILES string of the molecule is CS(=O)Cc1ccsc1. The number of thiophene rings is 1. The molecule has 0 aromatic carbocycles. The molecule has 1 unspecified atom stereocenters. The fourth-order valence-electron chi connectivity index (χ4n) is 0.609. The van der Waals surface area contributed by atoms with Gasteiger partial charge in [-0.2, -0.15) is 11.3 Å². The number of hydrogen-bond donors (Lipinski definition) is 0. The minimum atomic E-state index is -0.688. The van der Waals surface area contributed by atoms with Gasteiger partial charge in [-0.05, 0) is 22.4 Å². The average Bonchev–Trinajstić information content (AvgIpc) is 2.15. The Labute approximate surface area is 61.2 Å². The summed E-state index contributed by atoms with van der Waals surface area (Å²) in [4.78, 5) is 0. The van der Waals surface area contributed by atoms with E-state index in [4.69, 9.17) is 0 Å². The van der Waals surface area contributed by atoms with E-state index in [1.54, 1.807) is 17.6 Å². The van der Waals surface area contributed by atoms with Crippen LogP contribution in [0.4, 0.5) is 0 Å². The quantitative estimate of drug-likeness (QED) is 0.642. The summed E-state index contributed by atoms with van der Waals surface area (Å²) in [6.07, 6.45) is 1.72. The molecule has 0 saturated carbocycles. The van der Waals surface area contributed by atoms with Crippen molar-refractivity contribution in [1.29, 1.82) is 0 Å². The van der Waals surface area contributed by atoms with Gasteiger partial charge in [-0.3, -0.25) is 4.21 Å². The smallest absolute Gasteiger partial charge is 0.0491 e. The van der Waals surface area contributed by atoms with Crippen LogP contribution in [-0.4, -0.2) is 10.5 Å². The maximum Gasteiger partial charge on any atom is 0.0491 e. The van der Waals surface area contributed by atoms with Crippen molar-refractivity contribution < 1.29 is 4.21 Å². The molecule has 1 aromatic heterocycles. The van der Waals surface area contributed by atoms with E-state index in [1.807, 2.05) is 16.8 Å². The van der Waals surface area contributed by atoms with Crippen molar-refractivity contribution >= 4 is 22.1 Å². The van der Waals surface area contributed by atoms with Gasteiger partial charge in [0.15, 0.2) is 0 Å². The second kappa shape index (κ2) is 3.13. The molecule has 0 amide bonds. The Morgan fingerprint density at radius 1 is 1.78 bits per heavy atom. The molecular weight excluding hydrogens is 152 g/mol. The summed E-state index contributed by atoms with van der Waals surface area (Å²) in [7, 11) is -0.688. The number of hydrogen-bond acceptors (Lipinski definition) is 2. The van der Waals surface area contributed by atoms with Crippen LogP contribution in [0.2, 0.25) is 0 Å². The molecule has 1 nitrogen and oxygen atoms in total. The van der Waals surface area contributed by atoms with Gasteiger partial charge >= 0.3 is 0 Å². The van der Waals surface area contributed by atoms with Crippen molar-refractivity contribution in [1.82, 2.24) is 0 Å². The Kier molecular flexibility index (Phi) is 2.42. The normalized spacial score (nSPS) is 13.4. The summed E-state index contributed by atoms with van der Waals surface area (Å²) in [5.74, 6) is 0.698. The highest BCUT2D eigenvalue weighted by Crippen LogP contribution is 2.07. The monoisotopic (exact) mass is 160 g/mol. The van der Waals surface area contributed by atoms with E-state index in [1.165, 1.54) is 5.56 Å². The van der Waals surface area contributed by atoms with E-state index >= 15 is 0 Å². The van der Waals surface area contributed by atoms with Crippen molar-refractivity contribution in [3.05, 3.63) is 22.4 Å². The van der Waals surface area contributed by atoms with Crippen LogP contribution in [0.5, 0.6) is 0 Å². The molecule has 1 atom stereocenters. The van der Waals surface area contributed by atoms with Crippen LogP contribution in [0.3, 0.4) is 0 Å². The molecule has 9 heavy (non-hydrogen) atoms. The van der Waals surface area contributed by atoms with Crippen molar-refractivity contribution in [3.63, 3.8) is 0 Å². The lowest BCUT2D eigenvalue weighted by Crippen LogP contribution is -1.88. The third kappa shape index (κ3) is 2.28. The molecule has 0 saturated heterocycles. The van der Waals surface area contributed by atoms with Crippen LogP contribution in [0.25, 0.3) is 0 Å².